The fourth-order valence-electron chi connectivity index (χ4n) is 1.47. The number of hydrogen-bond donors (Lipinski definition) is 1. The molecule has 1 rings (SSSR count). The Morgan fingerprint density at radius 2 is 1.67 bits per heavy atom. The quantitative estimate of drug-likeness (QED) is 0.383. The van der Waals surface area contributed by atoms with E-state index in [2.05, 4.69) is 0 Å². The molecule has 0 fully saturated rings. The molecule has 0 saturated carbocycles. The summed E-state index contributed by atoms with van der Waals surface area (Å²) in [5.41, 5.74) is 0.274. The summed E-state index contributed by atoms with van der Waals surface area (Å²) in [6.07, 6.45) is 0. The van der Waals surface area contributed by atoms with Gasteiger partial charge in [0.05, 0.1) is 30.9 Å². The predicted octanol–water partition coefficient (Wildman–Crippen LogP) is 2.20. The van der Waals surface area contributed by atoms with Crippen LogP contribution in [0.4, 0.5) is 0 Å². The fraction of sp³-hybridized carbons (Fsp3) is 0.429. The summed E-state index contributed by atoms with van der Waals surface area (Å²) >= 11 is 1.95. The third kappa shape index (κ3) is 6.87. The normalized spacial score (nSPS) is 10.4. The molecular formula is C14H17IO6. The van der Waals surface area contributed by atoms with Gasteiger partial charge in [-0.25, -0.2) is 9.59 Å². The van der Waals surface area contributed by atoms with Crippen molar-refractivity contribution in [2.24, 2.45) is 0 Å². The van der Waals surface area contributed by atoms with E-state index in [9.17, 15) is 9.59 Å². The summed E-state index contributed by atoms with van der Waals surface area (Å²) in [7, 11) is 0. The molecule has 0 spiro atoms. The second-order valence-electron chi connectivity index (χ2n) is 3.98. The maximum Gasteiger partial charge on any atom is 0.338 e. The van der Waals surface area contributed by atoms with Gasteiger partial charge in [-0.1, -0.05) is 0 Å². The lowest BCUT2D eigenvalue weighted by molar-refractivity contribution is 0.0164. The molecule has 116 valence electrons. The lowest BCUT2D eigenvalue weighted by Gasteiger charge is -2.07. The molecule has 1 N–H and O–H groups in total. The van der Waals surface area contributed by atoms with Crippen molar-refractivity contribution >= 4 is 34.5 Å². The topological polar surface area (TPSA) is 82.1 Å². The number of rotatable bonds is 9. The summed E-state index contributed by atoms with van der Waals surface area (Å²) < 4.78 is 16.0. The second-order valence-corrected chi connectivity index (χ2v) is 5.22. The Morgan fingerprint density at radius 1 is 1.05 bits per heavy atom. The fourth-order valence-corrected chi connectivity index (χ4v) is 2.14. The number of esters is 1. The number of carboxylic acids is 1. The number of benzene rings is 1. The first-order chi connectivity index (χ1) is 10.0. The summed E-state index contributed by atoms with van der Waals surface area (Å²) in [6, 6.07) is 4.35. The van der Waals surface area contributed by atoms with Crippen LogP contribution in [0.25, 0.3) is 0 Å². The first-order valence-corrected chi connectivity index (χ1v) is 7.49. The third-order valence-corrected chi connectivity index (χ3v) is 3.04. The van der Waals surface area contributed by atoms with Crippen LogP contribution < -0.4 is 0 Å². The van der Waals surface area contributed by atoms with Crippen molar-refractivity contribution in [2.75, 3.05) is 33.0 Å². The Kier molecular flexibility index (Phi) is 8.24. The standard InChI is InChI=1S/C14H17IO6/c1-2-19-3-4-20-5-6-21-14(18)11-7-10(13(16)17)8-12(15)9-11/h7-9H,2-6H2,1H3,(H,16,17). The van der Waals surface area contributed by atoms with Gasteiger partial charge in [0, 0.05) is 10.2 Å². The average molecular weight is 408 g/mol. The highest BCUT2D eigenvalue weighted by Gasteiger charge is 2.12. The minimum Gasteiger partial charge on any atom is -0.478 e. The molecule has 0 heterocycles. The molecule has 21 heavy (non-hydrogen) atoms. The molecule has 7 heteroatoms. The zero-order valence-corrected chi connectivity index (χ0v) is 13.8. The van der Waals surface area contributed by atoms with Crippen LogP contribution in [0.2, 0.25) is 0 Å². The lowest BCUT2D eigenvalue weighted by Crippen LogP contribution is -2.13. The SMILES string of the molecule is CCOCCOCCOC(=O)c1cc(I)cc(C(=O)O)c1. The molecule has 0 amide bonds. The predicted molar refractivity (Wildman–Crippen MR) is 83.7 cm³/mol. The van der Waals surface area contributed by atoms with E-state index in [-0.39, 0.29) is 24.3 Å². The van der Waals surface area contributed by atoms with Crippen LogP contribution in [0.15, 0.2) is 18.2 Å². The molecule has 0 radical (unpaired) electrons. The number of aromatic carboxylic acids is 1. The monoisotopic (exact) mass is 408 g/mol. The zero-order chi connectivity index (χ0) is 15.7. The van der Waals surface area contributed by atoms with Gasteiger partial charge in [0.15, 0.2) is 0 Å². The van der Waals surface area contributed by atoms with Gasteiger partial charge in [-0.15, -0.1) is 0 Å². The number of carboxylic acid groups (broad SMARTS) is 1. The van der Waals surface area contributed by atoms with Crippen LogP contribution in [-0.2, 0) is 14.2 Å². The summed E-state index contributed by atoms with van der Waals surface area (Å²) in [5.74, 6) is -1.65. The Bertz CT molecular complexity index is 488. The van der Waals surface area contributed by atoms with Gasteiger partial charge in [-0.2, -0.15) is 0 Å². The number of halogens is 1. The van der Waals surface area contributed by atoms with E-state index in [0.29, 0.717) is 23.4 Å². The van der Waals surface area contributed by atoms with Crippen molar-refractivity contribution in [3.63, 3.8) is 0 Å². The molecule has 0 saturated heterocycles. The highest BCUT2D eigenvalue weighted by atomic mass is 127. The van der Waals surface area contributed by atoms with Crippen LogP contribution in [-0.4, -0.2) is 50.1 Å². The van der Waals surface area contributed by atoms with Gasteiger partial charge in [0.2, 0.25) is 0 Å². The minimum atomic E-state index is -1.08. The first-order valence-electron chi connectivity index (χ1n) is 6.41. The Balaban J connectivity index is 2.40. The molecule has 1 aromatic carbocycles. The van der Waals surface area contributed by atoms with E-state index in [0.717, 1.165) is 0 Å². The van der Waals surface area contributed by atoms with Crippen LogP contribution in [0.3, 0.4) is 0 Å². The van der Waals surface area contributed by atoms with Crippen molar-refractivity contribution < 1.29 is 28.9 Å². The van der Waals surface area contributed by atoms with Gasteiger partial charge < -0.3 is 19.3 Å². The van der Waals surface area contributed by atoms with Crippen molar-refractivity contribution in [3.8, 4) is 0 Å². The molecule has 0 aliphatic heterocycles. The molecular weight excluding hydrogens is 391 g/mol. The molecule has 0 aromatic heterocycles. The van der Waals surface area contributed by atoms with Gasteiger partial charge in [-0.3, -0.25) is 0 Å². The second kappa shape index (κ2) is 9.69. The van der Waals surface area contributed by atoms with Crippen molar-refractivity contribution in [2.45, 2.75) is 6.92 Å². The van der Waals surface area contributed by atoms with Crippen molar-refractivity contribution in [1.29, 1.82) is 0 Å². The molecule has 6 nitrogen and oxygen atoms in total. The number of hydrogen-bond acceptors (Lipinski definition) is 5. The average Bonchev–Trinajstić information content (AvgIpc) is 2.45. The number of ether oxygens (including phenoxy) is 3. The van der Waals surface area contributed by atoms with E-state index in [1.807, 2.05) is 29.5 Å². The van der Waals surface area contributed by atoms with Crippen LogP contribution in [0.1, 0.15) is 27.6 Å². The smallest absolute Gasteiger partial charge is 0.338 e. The van der Waals surface area contributed by atoms with Gasteiger partial charge in [0.1, 0.15) is 6.61 Å². The van der Waals surface area contributed by atoms with Crippen LogP contribution in [0.5, 0.6) is 0 Å². The van der Waals surface area contributed by atoms with E-state index >= 15 is 0 Å². The maximum absolute atomic E-state index is 11.8. The minimum absolute atomic E-state index is 0.0572. The van der Waals surface area contributed by atoms with E-state index < -0.39 is 11.9 Å². The zero-order valence-electron chi connectivity index (χ0n) is 11.6. The number of carbonyl (C=O) groups is 2. The van der Waals surface area contributed by atoms with Gasteiger partial charge >= 0.3 is 11.9 Å². The summed E-state index contributed by atoms with van der Waals surface area (Å²) in [6.45, 7) is 3.86. The highest BCUT2D eigenvalue weighted by molar-refractivity contribution is 14.1. The van der Waals surface area contributed by atoms with E-state index in [4.69, 9.17) is 19.3 Å². The molecule has 0 atom stereocenters. The highest BCUT2D eigenvalue weighted by Crippen LogP contribution is 2.13. The maximum atomic E-state index is 11.8. The first kappa shape index (κ1) is 17.9. The molecule has 1 aromatic rings. The largest absolute Gasteiger partial charge is 0.478 e. The van der Waals surface area contributed by atoms with Crippen LogP contribution in [0, 0.1) is 3.57 Å². The third-order valence-electron chi connectivity index (χ3n) is 2.42. The van der Waals surface area contributed by atoms with Crippen LogP contribution >= 0.6 is 22.6 Å². The molecule has 0 aliphatic rings. The summed E-state index contributed by atoms with van der Waals surface area (Å²) in [5, 5.41) is 8.95. The Morgan fingerprint density at radius 3 is 2.33 bits per heavy atom. The van der Waals surface area contributed by atoms with E-state index in [1.165, 1.54) is 12.1 Å². The van der Waals surface area contributed by atoms with Crippen molar-refractivity contribution in [1.82, 2.24) is 0 Å². The lowest BCUT2D eigenvalue weighted by atomic mass is 10.1. The molecule has 0 unspecified atom stereocenters. The molecule has 0 aliphatic carbocycles. The van der Waals surface area contributed by atoms with Gasteiger partial charge in [-0.05, 0) is 47.7 Å². The Hall–Kier alpha value is -1.19. The van der Waals surface area contributed by atoms with Crippen molar-refractivity contribution in [3.05, 3.63) is 32.9 Å². The Labute approximate surface area is 136 Å². The van der Waals surface area contributed by atoms with E-state index in [1.54, 1.807) is 6.07 Å². The number of carbonyl (C=O) groups excluding carboxylic acids is 1. The summed E-state index contributed by atoms with van der Waals surface area (Å²) in [4.78, 5) is 22.7. The molecule has 0 bridgehead atoms. The van der Waals surface area contributed by atoms with Gasteiger partial charge in [0.25, 0.3) is 0 Å².